The molecular formula is C21H24ClN3O3S. The van der Waals surface area contributed by atoms with Crippen LogP contribution in [0.2, 0.25) is 5.02 Å². The maximum absolute atomic E-state index is 12.6. The third kappa shape index (κ3) is 5.65. The Morgan fingerprint density at radius 3 is 2.59 bits per heavy atom. The number of primary amides is 1. The summed E-state index contributed by atoms with van der Waals surface area (Å²) >= 11 is 7.39. The number of fused-ring (bicyclic) bond motifs is 1. The Hall–Kier alpha value is -2.22. The van der Waals surface area contributed by atoms with Gasteiger partial charge < -0.3 is 11.1 Å². The first-order valence-corrected chi connectivity index (χ1v) is 10.7. The fraction of sp³-hybridized carbons (Fsp3) is 0.381. The van der Waals surface area contributed by atoms with Crippen molar-refractivity contribution in [3.63, 3.8) is 0 Å². The Bertz CT molecular complexity index is 924. The normalized spacial score (nSPS) is 13.7. The van der Waals surface area contributed by atoms with Gasteiger partial charge in [-0.25, -0.2) is 0 Å². The smallest absolute Gasteiger partial charge is 0.250 e. The number of halogens is 1. The minimum Gasteiger partial charge on any atom is -0.366 e. The highest BCUT2D eigenvalue weighted by molar-refractivity contribution is 7.12. The molecule has 1 aliphatic heterocycles. The minimum absolute atomic E-state index is 0.0379. The number of amides is 2. The van der Waals surface area contributed by atoms with Crippen LogP contribution >= 0.6 is 22.9 Å². The summed E-state index contributed by atoms with van der Waals surface area (Å²) in [5.41, 5.74) is 8.05. The number of benzene rings is 1. The molecule has 0 unspecified atom stereocenters. The summed E-state index contributed by atoms with van der Waals surface area (Å²) in [4.78, 5) is 39.8. The summed E-state index contributed by atoms with van der Waals surface area (Å²) < 4.78 is 0. The van der Waals surface area contributed by atoms with Crippen molar-refractivity contribution >= 4 is 40.5 Å². The van der Waals surface area contributed by atoms with Crippen molar-refractivity contribution < 1.29 is 14.4 Å². The predicted molar refractivity (Wildman–Crippen MR) is 114 cm³/mol. The average molecular weight is 434 g/mol. The molecule has 0 bridgehead atoms. The Morgan fingerprint density at radius 2 is 1.93 bits per heavy atom. The second-order valence-electron chi connectivity index (χ2n) is 7.19. The summed E-state index contributed by atoms with van der Waals surface area (Å²) in [5.74, 6) is -0.476. The Balaban J connectivity index is 1.70. The van der Waals surface area contributed by atoms with Crippen molar-refractivity contribution in [1.29, 1.82) is 0 Å². The van der Waals surface area contributed by atoms with Crippen LogP contribution in [-0.2, 0) is 35.4 Å². The molecule has 29 heavy (non-hydrogen) atoms. The van der Waals surface area contributed by atoms with Gasteiger partial charge in [0.1, 0.15) is 5.78 Å². The number of nitrogens with zero attached hydrogens (tertiary/aromatic N) is 1. The molecule has 1 aromatic carbocycles. The zero-order valence-corrected chi connectivity index (χ0v) is 17.9. The summed E-state index contributed by atoms with van der Waals surface area (Å²) in [5, 5.41) is 3.43. The Kier molecular flexibility index (Phi) is 7.05. The van der Waals surface area contributed by atoms with E-state index in [1.165, 1.54) is 18.3 Å². The third-order valence-corrected chi connectivity index (χ3v) is 6.40. The number of hydrogen-bond acceptors (Lipinski definition) is 5. The van der Waals surface area contributed by atoms with Gasteiger partial charge in [-0.05, 0) is 29.7 Å². The second-order valence-corrected chi connectivity index (χ2v) is 8.82. The molecule has 3 N–H and O–H groups in total. The molecule has 154 valence electrons. The number of nitrogens with two attached hydrogens (primary N) is 1. The lowest BCUT2D eigenvalue weighted by Crippen LogP contribution is -2.37. The van der Waals surface area contributed by atoms with Crippen molar-refractivity contribution in [2.45, 2.75) is 32.7 Å². The number of carbonyl (C=O) groups is 3. The number of rotatable bonds is 8. The van der Waals surface area contributed by atoms with Gasteiger partial charge >= 0.3 is 0 Å². The number of thiophene rings is 1. The molecule has 2 heterocycles. The first kappa shape index (κ1) is 21.5. The first-order chi connectivity index (χ1) is 13.8. The van der Waals surface area contributed by atoms with Crippen LogP contribution in [0.1, 0.15) is 38.2 Å². The fourth-order valence-corrected chi connectivity index (χ4v) is 5.13. The van der Waals surface area contributed by atoms with Crippen LogP contribution in [0.3, 0.4) is 0 Å². The molecule has 0 saturated carbocycles. The molecule has 1 aromatic heterocycles. The van der Waals surface area contributed by atoms with E-state index in [9.17, 15) is 14.4 Å². The zero-order valence-electron chi connectivity index (χ0n) is 16.3. The van der Waals surface area contributed by atoms with Gasteiger partial charge in [-0.1, -0.05) is 23.7 Å². The van der Waals surface area contributed by atoms with E-state index in [0.29, 0.717) is 30.1 Å². The van der Waals surface area contributed by atoms with Crippen LogP contribution in [0.25, 0.3) is 0 Å². The summed E-state index contributed by atoms with van der Waals surface area (Å²) in [6.07, 6.45) is 1.21. The topological polar surface area (TPSA) is 92.5 Å². The fourth-order valence-electron chi connectivity index (χ4n) is 3.58. The molecule has 0 aliphatic carbocycles. The lowest BCUT2D eigenvalue weighted by molar-refractivity contribution is -0.119. The van der Waals surface area contributed by atoms with Crippen molar-refractivity contribution in [3.05, 3.63) is 55.7 Å². The van der Waals surface area contributed by atoms with Crippen LogP contribution in [0.5, 0.6) is 0 Å². The summed E-state index contributed by atoms with van der Waals surface area (Å²) in [7, 11) is 0. The van der Waals surface area contributed by atoms with Crippen LogP contribution in [0, 0.1) is 0 Å². The van der Waals surface area contributed by atoms with E-state index in [4.69, 9.17) is 17.3 Å². The van der Waals surface area contributed by atoms with Crippen molar-refractivity contribution in [2.24, 2.45) is 5.73 Å². The third-order valence-electron chi connectivity index (χ3n) is 4.93. The first-order valence-electron chi connectivity index (χ1n) is 9.49. The number of Topliss-reactive ketones (excluding diaryl/α,β-unsaturated/α-hetero) is 1. The van der Waals surface area contributed by atoms with Crippen molar-refractivity contribution in [3.8, 4) is 0 Å². The Morgan fingerprint density at radius 1 is 1.21 bits per heavy atom. The van der Waals surface area contributed by atoms with E-state index in [0.717, 1.165) is 40.4 Å². The van der Waals surface area contributed by atoms with Crippen molar-refractivity contribution in [1.82, 2.24) is 10.2 Å². The molecule has 0 spiro atoms. The Labute approximate surface area is 179 Å². The maximum Gasteiger partial charge on any atom is 0.250 e. The molecule has 0 fully saturated rings. The van der Waals surface area contributed by atoms with Gasteiger partial charge in [0.2, 0.25) is 11.8 Å². The molecule has 0 radical (unpaired) electrons. The van der Waals surface area contributed by atoms with Gasteiger partial charge in [0.15, 0.2) is 0 Å². The van der Waals surface area contributed by atoms with Gasteiger partial charge in [-0.2, -0.15) is 0 Å². The largest absolute Gasteiger partial charge is 0.366 e. The lowest BCUT2D eigenvalue weighted by atomic mass is 9.98. The highest BCUT2D eigenvalue weighted by atomic mass is 35.5. The minimum atomic E-state index is -0.469. The number of nitrogens with one attached hydrogen (secondary N) is 1. The molecule has 3 rings (SSSR count). The molecule has 0 saturated heterocycles. The van der Waals surface area contributed by atoms with E-state index < -0.39 is 5.91 Å². The van der Waals surface area contributed by atoms with E-state index in [-0.39, 0.29) is 18.1 Å². The molecule has 6 nitrogen and oxygen atoms in total. The number of carbonyl (C=O) groups excluding carboxylic acids is 3. The SMILES string of the molecule is CC(=O)NCCN1CCc2c(sc(CC(=O)Cc3ccc(Cl)cc3)c2C(N)=O)C1. The van der Waals surface area contributed by atoms with Crippen LogP contribution in [-0.4, -0.2) is 42.1 Å². The van der Waals surface area contributed by atoms with Gasteiger partial charge in [0, 0.05) is 60.7 Å². The highest BCUT2D eigenvalue weighted by Crippen LogP contribution is 2.33. The van der Waals surface area contributed by atoms with E-state index in [1.807, 2.05) is 12.1 Å². The second kappa shape index (κ2) is 9.52. The summed E-state index contributed by atoms with van der Waals surface area (Å²) in [6, 6.07) is 7.19. The molecule has 1 aliphatic rings. The number of hydrogen-bond donors (Lipinski definition) is 2. The zero-order chi connectivity index (χ0) is 21.0. The monoisotopic (exact) mass is 433 g/mol. The quantitative estimate of drug-likeness (QED) is 0.668. The maximum atomic E-state index is 12.6. The lowest BCUT2D eigenvalue weighted by Gasteiger charge is -2.27. The molecule has 2 aromatic rings. The van der Waals surface area contributed by atoms with Gasteiger partial charge in [-0.3, -0.25) is 19.3 Å². The molecule has 8 heteroatoms. The molecular weight excluding hydrogens is 410 g/mol. The van der Waals surface area contributed by atoms with E-state index >= 15 is 0 Å². The standard InChI is InChI=1S/C21H24ClN3O3S/c1-13(26)24-7-9-25-8-6-17-19(12-25)29-18(20(17)21(23)28)11-16(27)10-14-2-4-15(22)5-3-14/h2-5H,6-12H2,1H3,(H2,23,28)(H,24,26). The van der Waals surface area contributed by atoms with Gasteiger partial charge in [-0.15, -0.1) is 11.3 Å². The highest BCUT2D eigenvalue weighted by Gasteiger charge is 2.27. The van der Waals surface area contributed by atoms with E-state index in [1.54, 1.807) is 12.1 Å². The molecule has 0 atom stereocenters. The van der Waals surface area contributed by atoms with E-state index in [2.05, 4.69) is 10.2 Å². The van der Waals surface area contributed by atoms with Gasteiger partial charge in [0.25, 0.3) is 0 Å². The van der Waals surface area contributed by atoms with Crippen LogP contribution in [0.4, 0.5) is 0 Å². The van der Waals surface area contributed by atoms with Crippen LogP contribution < -0.4 is 11.1 Å². The summed E-state index contributed by atoms with van der Waals surface area (Å²) in [6.45, 7) is 4.33. The molecule has 2 amide bonds. The predicted octanol–water partition coefficient (Wildman–Crippen LogP) is 2.35. The average Bonchev–Trinajstić information content (AvgIpc) is 3.00. The van der Waals surface area contributed by atoms with Gasteiger partial charge in [0.05, 0.1) is 5.56 Å². The number of ketones is 1. The van der Waals surface area contributed by atoms with Crippen molar-refractivity contribution in [2.75, 3.05) is 19.6 Å². The van der Waals surface area contributed by atoms with Crippen LogP contribution in [0.15, 0.2) is 24.3 Å².